The fourth-order valence-corrected chi connectivity index (χ4v) is 2.02. The molecule has 96 valence electrons. The smallest absolute Gasteiger partial charge is 0.305 e. The molecule has 1 aliphatic rings. The van der Waals surface area contributed by atoms with Crippen LogP contribution in [0.5, 0.6) is 0 Å². The summed E-state index contributed by atoms with van der Waals surface area (Å²) in [6.45, 7) is 2.20. The molecule has 0 heterocycles. The molecule has 2 rings (SSSR count). The number of aliphatic carboxylic acids is 1. The number of nitrogens with zero attached hydrogens (tertiary/aromatic N) is 1. The van der Waals surface area contributed by atoms with Gasteiger partial charge in [0.05, 0.1) is 6.42 Å². The zero-order valence-electron chi connectivity index (χ0n) is 10.4. The van der Waals surface area contributed by atoms with Crippen LogP contribution in [0.15, 0.2) is 24.3 Å². The van der Waals surface area contributed by atoms with E-state index in [1.807, 2.05) is 25.1 Å². The maximum atomic E-state index is 12.4. The van der Waals surface area contributed by atoms with E-state index in [4.69, 9.17) is 5.11 Å². The van der Waals surface area contributed by atoms with Crippen molar-refractivity contribution in [3.63, 3.8) is 0 Å². The number of carboxylic acid groups (broad SMARTS) is 1. The van der Waals surface area contributed by atoms with E-state index in [2.05, 4.69) is 0 Å². The minimum Gasteiger partial charge on any atom is -0.481 e. The van der Waals surface area contributed by atoms with E-state index in [1.165, 1.54) is 0 Å². The molecule has 1 N–H and O–H groups in total. The Hall–Kier alpha value is -1.84. The Labute approximate surface area is 106 Å². The number of amides is 1. The van der Waals surface area contributed by atoms with Gasteiger partial charge in [-0.25, -0.2) is 0 Å². The monoisotopic (exact) mass is 247 g/mol. The second kappa shape index (κ2) is 5.21. The molecule has 0 spiro atoms. The molecule has 0 atom stereocenters. The SMILES string of the molecule is Cc1ccccc1C(=O)N(CCC(=O)O)C1CC1. The first-order valence-corrected chi connectivity index (χ1v) is 6.18. The van der Waals surface area contributed by atoms with Gasteiger partial charge < -0.3 is 10.0 Å². The summed E-state index contributed by atoms with van der Waals surface area (Å²) in [6.07, 6.45) is 1.97. The van der Waals surface area contributed by atoms with Crippen molar-refractivity contribution in [3.8, 4) is 0 Å². The van der Waals surface area contributed by atoms with Crippen molar-refractivity contribution in [3.05, 3.63) is 35.4 Å². The lowest BCUT2D eigenvalue weighted by Crippen LogP contribution is -2.35. The van der Waals surface area contributed by atoms with E-state index in [1.54, 1.807) is 11.0 Å². The Kier molecular flexibility index (Phi) is 3.65. The summed E-state index contributed by atoms with van der Waals surface area (Å²) in [4.78, 5) is 24.7. The number of rotatable bonds is 5. The highest BCUT2D eigenvalue weighted by molar-refractivity contribution is 5.96. The molecule has 1 aromatic rings. The fraction of sp³-hybridized carbons (Fsp3) is 0.429. The highest BCUT2D eigenvalue weighted by atomic mass is 16.4. The lowest BCUT2D eigenvalue weighted by Gasteiger charge is -2.22. The van der Waals surface area contributed by atoms with Crippen LogP contribution in [0, 0.1) is 6.92 Å². The normalized spacial score (nSPS) is 14.3. The van der Waals surface area contributed by atoms with Gasteiger partial charge in [-0.3, -0.25) is 9.59 Å². The molecule has 18 heavy (non-hydrogen) atoms. The topological polar surface area (TPSA) is 57.6 Å². The molecule has 0 aliphatic heterocycles. The highest BCUT2D eigenvalue weighted by Gasteiger charge is 2.33. The largest absolute Gasteiger partial charge is 0.481 e. The Morgan fingerprint density at radius 3 is 2.56 bits per heavy atom. The Morgan fingerprint density at radius 2 is 2.00 bits per heavy atom. The molecule has 4 heteroatoms. The molecule has 0 unspecified atom stereocenters. The second-order valence-corrected chi connectivity index (χ2v) is 4.69. The maximum Gasteiger partial charge on any atom is 0.305 e. The standard InChI is InChI=1S/C14H17NO3/c1-10-4-2-3-5-12(10)14(18)15(11-6-7-11)9-8-13(16)17/h2-5,11H,6-9H2,1H3,(H,16,17). The molecule has 0 bridgehead atoms. The van der Waals surface area contributed by atoms with Crippen LogP contribution in [0.4, 0.5) is 0 Å². The average Bonchev–Trinajstić information content (AvgIpc) is 3.13. The van der Waals surface area contributed by atoms with Crippen molar-refractivity contribution < 1.29 is 14.7 Å². The zero-order valence-corrected chi connectivity index (χ0v) is 10.4. The molecule has 0 aromatic heterocycles. The number of hydrogen-bond acceptors (Lipinski definition) is 2. The lowest BCUT2D eigenvalue weighted by atomic mass is 10.1. The van der Waals surface area contributed by atoms with Crippen LogP contribution in [0.2, 0.25) is 0 Å². The van der Waals surface area contributed by atoms with Crippen LogP contribution in [0.1, 0.15) is 35.2 Å². The number of carboxylic acids is 1. The Balaban J connectivity index is 2.13. The number of benzene rings is 1. The number of hydrogen-bond donors (Lipinski definition) is 1. The van der Waals surface area contributed by atoms with E-state index >= 15 is 0 Å². The lowest BCUT2D eigenvalue weighted by molar-refractivity contribution is -0.137. The van der Waals surface area contributed by atoms with E-state index in [9.17, 15) is 9.59 Å². The predicted octanol–water partition coefficient (Wildman–Crippen LogP) is 2.07. The van der Waals surface area contributed by atoms with Crippen molar-refractivity contribution in [2.75, 3.05) is 6.54 Å². The Bertz CT molecular complexity index is 466. The number of carbonyl (C=O) groups excluding carboxylic acids is 1. The molecule has 0 radical (unpaired) electrons. The molecular weight excluding hydrogens is 230 g/mol. The first kappa shape index (κ1) is 12.6. The zero-order chi connectivity index (χ0) is 13.1. The van der Waals surface area contributed by atoms with Gasteiger partial charge in [-0.05, 0) is 31.4 Å². The minimum atomic E-state index is -0.863. The van der Waals surface area contributed by atoms with Crippen LogP contribution in [-0.4, -0.2) is 34.5 Å². The van der Waals surface area contributed by atoms with Crippen LogP contribution in [-0.2, 0) is 4.79 Å². The summed E-state index contributed by atoms with van der Waals surface area (Å²) < 4.78 is 0. The van der Waals surface area contributed by atoms with E-state index in [0.29, 0.717) is 12.1 Å². The van der Waals surface area contributed by atoms with Gasteiger partial charge in [-0.2, -0.15) is 0 Å². The summed E-state index contributed by atoms with van der Waals surface area (Å²) in [6, 6.07) is 7.66. The summed E-state index contributed by atoms with van der Waals surface area (Å²) in [7, 11) is 0. The summed E-state index contributed by atoms with van der Waals surface area (Å²) in [5, 5.41) is 8.73. The van der Waals surface area contributed by atoms with Crippen molar-refractivity contribution in [1.82, 2.24) is 4.90 Å². The van der Waals surface area contributed by atoms with Gasteiger partial charge >= 0.3 is 5.97 Å². The van der Waals surface area contributed by atoms with Gasteiger partial charge in [0.15, 0.2) is 0 Å². The third kappa shape index (κ3) is 2.88. The number of aryl methyl sites for hydroxylation is 1. The van der Waals surface area contributed by atoms with Gasteiger partial charge in [-0.1, -0.05) is 18.2 Å². The molecule has 1 aliphatic carbocycles. The molecule has 1 amide bonds. The average molecular weight is 247 g/mol. The van der Waals surface area contributed by atoms with Crippen molar-refractivity contribution in [2.24, 2.45) is 0 Å². The summed E-state index contributed by atoms with van der Waals surface area (Å²) in [5.41, 5.74) is 1.61. The summed E-state index contributed by atoms with van der Waals surface area (Å²) in [5.74, 6) is -0.907. The molecule has 1 aromatic carbocycles. The number of carbonyl (C=O) groups is 2. The van der Waals surface area contributed by atoms with E-state index in [0.717, 1.165) is 18.4 Å². The van der Waals surface area contributed by atoms with Gasteiger partial charge in [0.1, 0.15) is 0 Å². The highest BCUT2D eigenvalue weighted by Crippen LogP contribution is 2.28. The molecule has 0 saturated heterocycles. The van der Waals surface area contributed by atoms with Crippen LogP contribution < -0.4 is 0 Å². The first-order chi connectivity index (χ1) is 8.59. The maximum absolute atomic E-state index is 12.4. The quantitative estimate of drug-likeness (QED) is 0.866. The van der Waals surface area contributed by atoms with Crippen LogP contribution >= 0.6 is 0 Å². The molecular formula is C14H17NO3. The summed E-state index contributed by atoms with van der Waals surface area (Å²) >= 11 is 0. The first-order valence-electron chi connectivity index (χ1n) is 6.18. The van der Waals surface area contributed by atoms with Gasteiger partial charge in [0.25, 0.3) is 5.91 Å². The predicted molar refractivity (Wildman–Crippen MR) is 67.5 cm³/mol. The third-order valence-corrected chi connectivity index (χ3v) is 3.19. The van der Waals surface area contributed by atoms with Crippen molar-refractivity contribution in [1.29, 1.82) is 0 Å². The molecule has 1 fully saturated rings. The van der Waals surface area contributed by atoms with Gasteiger partial charge in [0.2, 0.25) is 0 Å². The minimum absolute atomic E-state index is 0.00806. The Morgan fingerprint density at radius 1 is 1.33 bits per heavy atom. The van der Waals surface area contributed by atoms with E-state index < -0.39 is 5.97 Å². The van der Waals surface area contributed by atoms with Crippen molar-refractivity contribution >= 4 is 11.9 Å². The fourth-order valence-electron chi connectivity index (χ4n) is 2.02. The second-order valence-electron chi connectivity index (χ2n) is 4.69. The van der Waals surface area contributed by atoms with E-state index in [-0.39, 0.29) is 18.4 Å². The van der Waals surface area contributed by atoms with Crippen molar-refractivity contribution in [2.45, 2.75) is 32.2 Å². The van der Waals surface area contributed by atoms with Gasteiger partial charge in [-0.15, -0.1) is 0 Å². The van der Waals surface area contributed by atoms with Crippen LogP contribution in [0.25, 0.3) is 0 Å². The van der Waals surface area contributed by atoms with Crippen LogP contribution in [0.3, 0.4) is 0 Å². The molecule has 1 saturated carbocycles. The van der Waals surface area contributed by atoms with Gasteiger partial charge in [0, 0.05) is 18.2 Å². The third-order valence-electron chi connectivity index (χ3n) is 3.19. The molecule has 4 nitrogen and oxygen atoms in total.